The normalized spacial score (nSPS) is 10.6. The monoisotopic (exact) mass is 320 g/mol. The average molecular weight is 320 g/mol. The fourth-order valence-corrected chi connectivity index (χ4v) is 3.28. The van der Waals surface area contributed by atoms with Gasteiger partial charge in [-0.25, -0.2) is 4.98 Å². The van der Waals surface area contributed by atoms with E-state index in [0.717, 1.165) is 22.2 Å². The van der Waals surface area contributed by atoms with Crippen molar-refractivity contribution in [1.82, 2.24) is 10.3 Å². The van der Waals surface area contributed by atoms with Crippen LogP contribution in [0.2, 0.25) is 0 Å². The molecule has 1 heterocycles. The van der Waals surface area contributed by atoms with E-state index in [-0.39, 0.29) is 5.91 Å². The molecule has 3 nitrogen and oxygen atoms in total. The maximum atomic E-state index is 11.7. The molecule has 0 fully saturated rings. The van der Waals surface area contributed by atoms with Gasteiger partial charge in [0, 0.05) is 23.4 Å². The summed E-state index contributed by atoms with van der Waals surface area (Å²) in [7, 11) is 0. The molecular weight excluding hydrogens is 300 g/mol. The molecule has 0 aliphatic heterocycles. The Hall–Kier alpha value is -1.33. The van der Waals surface area contributed by atoms with Gasteiger partial charge in [-0.15, -0.1) is 11.3 Å². The van der Waals surface area contributed by atoms with Crippen LogP contribution in [0.5, 0.6) is 0 Å². The average Bonchev–Trinajstić information content (AvgIpc) is 2.86. The van der Waals surface area contributed by atoms with Gasteiger partial charge in [-0.2, -0.15) is 11.8 Å². The molecule has 21 heavy (non-hydrogen) atoms. The molecule has 1 amide bonds. The smallest absolute Gasteiger partial charge is 0.226 e. The van der Waals surface area contributed by atoms with Gasteiger partial charge in [0.1, 0.15) is 0 Å². The summed E-state index contributed by atoms with van der Waals surface area (Å²) in [5, 5.41) is 5.89. The van der Waals surface area contributed by atoms with Crippen molar-refractivity contribution in [1.29, 1.82) is 0 Å². The lowest BCUT2D eigenvalue weighted by atomic mass is 10.2. The zero-order valence-electron chi connectivity index (χ0n) is 12.4. The van der Waals surface area contributed by atoms with Crippen LogP contribution >= 0.6 is 23.1 Å². The number of carbonyl (C=O) groups excluding carboxylic acids is 1. The lowest BCUT2D eigenvalue weighted by molar-refractivity contribution is -0.120. The molecule has 0 radical (unpaired) electrons. The molecule has 0 saturated carbocycles. The fraction of sp³-hybridized carbons (Fsp3) is 0.375. The minimum Gasteiger partial charge on any atom is -0.355 e. The van der Waals surface area contributed by atoms with Gasteiger partial charge in [0.2, 0.25) is 5.91 Å². The van der Waals surface area contributed by atoms with Gasteiger partial charge in [-0.05, 0) is 19.4 Å². The Bertz CT molecular complexity index is 578. The van der Waals surface area contributed by atoms with Crippen molar-refractivity contribution in [2.45, 2.75) is 26.0 Å². The van der Waals surface area contributed by atoms with Crippen LogP contribution in [0.1, 0.15) is 21.8 Å². The first-order valence-electron chi connectivity index (χ1n) is 6.94. The Morgan fingerprint density at radius 3 is 2.71 bits per heavy atom. The highest BCUT2D eigenvalue weighted by Crippen LogP contribution is 2.12. The summed E-state index contributed by atoms with van der Waals surface area (Å²) in [5.74, 6) is 1.97. The van der Waals surface area contributed by atoms with Gasteiger partial charge >= 0.3 is 0 Å². The van der Waals surface area contributed by atoms with Crippen LogP contribution in [-0.2, 0) is 17.0 Å². The third kappa shape index (κ3) is 5.89. The summed E-state index contributed by atoms with van der Waals surface area (Å²) in [5.41, 5.74) is 3.48. The second-order valence-corrected chi connectivity index (χ2v) is 7.09. The number of aromatic nitrogens is 1. The highest BCUT2D eigenvalue weighted by Gasteiger charge is 2.05. The van der Waals surface area contributed by atoms with Crippen LogP contribution in [0, 0.1) is 13.8 Å². The number of hydrogen-bond donors (Lipinski definition) is 1. The minimum absolute atomic E-state index is 0.0521. The summed E-state index contributed by atoms with van der Waals surface area (Å²) in [4.78, 5) is 16.0. The maximum Gasteiger partial charge on any atom is 0.226 e. The Morgan fingerprint density at radius 1 is 1.29 bits per heavy atom. The second-order valence-electron chi connectivity index (χ2n) is 4.92. The van der Waals surface area contributed by atoms with Crippen molar-refractivity contribution >= 4 is 29.0 Å². The van der Waals surface area contributed by atoms with Crippen LogP contribution in [-0.4, -0.2) is 23.2 Å². The highest BCUT2D eigenvalue weighted by molar-refractivity contribution is 7.98. The number of hydrogen-bond acceptors (Lipinski definition) is 4. The van der Waals surface area contributed by atoms with Crippen LogP contribution in [0.15, 0.2) is 29.6 Å². The lowest BCUT2D eigenvalue weighted by Crippen LogP contribution is -2.27. The number of aryl methyl sites for hydroxylation is 2. The first-order valence-corrected chi connectivity index (χ1v) is 8.98. The number of rotatable bonds is 7. The molecule has 0 aliphatic carbocycles. The number of carbonyl (C=O) groups is 1. The molecule has 0 unspecified atom stereocenters. The van der Waals surface area contributed by atoms with Gasteiger partial charge in [-0.3, -0.25) is 4.79 Å². The topological polar surface area (TPSA) is 42.0 Å². The number of benzene rings is 1. The van der Waals surface area contributed by atoms with Crippen molar-refractivity contribution in [3.63, 3.8) is 0 Å². The SMILES string of the molecule is Cc1ccc(CSCCNC(=O)Cc2csc(C)n2)cc1. The Balaban J connectivity index is 1.59. The van der Waals surface area contributed by atoms with Crippen LogP contribution in [0.4, 0.5) is 0 Å². The highest BCUT2D eigenvalue weighted by atomic mass is 32.2. The largest absolute Gasteiger partial charge is 0.355 e. The van der Waals surface area contributed by atoms with Crippen molar-refractivity contribution in [3.8, 4) is 0 Å². The van der Waals surface area contributed by atoms with E-state index in [1.165, 1.54) is 11.1 Å². The van der Waals surface area contributed by atoms with Crippen LogP contribution in [0.3, 0.4) is 0 Å². The van der Waals surface area contributed by atoms with E-state index in [1.807, 2.05) is 24.1 Å². The first kappa shape index (κ1) is 16.0. The quantitative estimate of drug-likeness (QED) is 0.796. The number of thiazole rings is 1. The molecule has 2 aromatic rings. The Labute approximate surface area is 134 Å². The van der Waals surface area contributed by atoms with Gasteiger partial charge in [0.15, 0.2) is 0 Å². The standard InChI is InChI=1S/C16H20N2OS2/c1-12-3-5-14(6-4-12)10-20-8-7-17-16(19)9-15-11-21-13(2)18-15/h3-6,11H,7-10H2,1-2H3,(H,17,19). The van der Waals surface area contributed by atoms with Crippen molar-refractivity contribution < 1.29 is 4.79 Å². The molecule has 2 rings (SSSR count). The molecular formula is C16H20N2OS2. The van der Waals surface area contributed by atoms with E-state index in [4.69, 9.17) is 0 Å². The number of nitrogens with one attached hydrogen (secondary N) is 1. The molecule has 0 bridgehead atoms. The van der Waals surface area contributed by atoms with Gasteiger partial charge in [-0.1, -0.05) is 29.8 Å². The third-order valence-corrected chi connectivity index (χ3v) is 4.82. The molecule has 1 aromatic carbocycles. The summed E-state index contributed by atoms with van der Waals surface area (Å²) in [6, 6.07) is 8.58. The maximum absolute atomic E-state index is 11.7. The lowest BCUT2D eigenvalue weighted by Gasteiger charge is -2.05. The first-order chi connectivity index (χ1) is 10.1. The van der Waals surface area contributed by atoms with E-state index in [9.17, 15) is 4.79 Å². The van der Waals surface area contributed by atoms with Gasteiger partial charge < -0.3 is 5.32 Å². The van der Waals surface area contributed by atoms with Crippen molar-refractivity contribution in [3.05, 3.63) is 51.5 Å². The number of amides is 1. The Kier molecular flexibility index (Phi) is 6.26. The third-order valence-electron chi connectivity index (χ3n) is 2.97. The molecule has 0 atom stereocenters. The molecule has 5 heteroatoms. The molecule has 112 valence electrons. The summed E-state index contributed by atoms with van der Waals surface area (Å²) in [6.45, 7) is 4.75. The van der Waals surface area contributed by atoms with E-state index in [1.54, 1.807) is 11.3 Å². The van der Waals surface area contributed by atoms with Crippen LogP contribution < -0.4 is 5.32 Å². The van der Waals surface area contributed by atoms with Gasteiger partial charge in [0.05, 0.1) is 17.1 Å². The van der Waals surface area contributed by atoms with Crippen molar-refractivity contribution in [2.75, 3.05) is 12.3 Å². The number of nitrogens with zero attached hydrogens (tertiary/aromatic N) is 1. The molecule has 1 N–H and O–H groups in total. The minimum atomic E-state index is 0.0521. The van der Waals surface area contributed by atoms with E-state index in [2.05, 4.69) is 41.5 Å². The predicted octanol–water partition coefficient (Wildman–Crippen LogP) is 3.35. The van der Waals surface area contributed by atoms with Crippen LogP contribution in [0.25, 0.3) is 0 Å². The number of thioether (sulfide) groups is 1. The molecule has 1 aromatic heterocycles. The Morgan fingerprint density at radius 2 is 2.05 bits per heavy atom. The fourth-order valence-electron chi connectivity index (χ4n) is 1.85. The zero-order valence-corrected chi connectivity index (χ0v) is 14.0. The van der Waals surface area contributed by atoms with Crippen molar-refractivity contribution in [2.24, 2.45) is 0 Å². The molecule has 0 spiro atoms. The van der Waals surface area contributed by atoms with E-state index in [0.29, 0.717) is 13.0 Å². The summed E-state index contributed by atoms with van der Waals surface area (Å²) >= 11 is 3.42. The summed E-state index contributed by atoms with van der Waals surface area (Å²) in [6.07, 6.45) is 0.382. The molecule has 0 saturated heterocycles. The van der Waals surface area contributed by atoms with Gasteiger partial charge in [0.25, 0.3) is 0 Å². The van der Waals surface area contributed by atoms with E-state index < -0.39 is 0 Å². The molecule has 0 aliphatic rings. The van der Waals surface area contributed by atoms with E-state index >= 15 is 0 Å². The second kappa shape index (κ2) is 8.20. The summed E-state index contributed by atoms with van der Waals surface area (Å²) < 4.78 is 0. The predicted molar refractivity (Wildman–Crippen MR) is 90.9 cm³/mol. The zero-order chi connectivity index (χ0) is 15.1.